The summed E-state index contributed by atoms with van der Waals surface area (Å²) in [6.45, 7) is 9.69. The van der Waals surface area contributed by atoms with Crippen LogP contribution in [0.3, 0.4) is 0 Å². The Morgan fingerprint density at radius 3 is 2.71 bits per heavy atom. The summed E-state index contributed by atoms with van der Waals surface area (Å²) < 4.78 is 6.24. The fourth-order valence-corrected chi connectivity index (χ4v) is 4.57. The molecule has 1 spiro atoms. The van der Waals surface area contributed by atoms with Gasteiger partial charge >= 0.3 is 0 Å². The van der Waals surface area contributed by atoms with Gasteiger partial charge in [-0.25, -0.2) is 4.98 Å². The average molecular weight is 330 g/mol. The van der Waals surface area contributed by atoms with Crippen molar-refractivity contribution in [3.05, 3.63) is 23.9 Å². The second kappa shape index (κ2) is 6.98. The number of pyridine rings is 1. The Hall–Kier alpha value is -1.17. The molecular formula is C19H30N4O. The number of hydrogen-bond acceptors (Lipinski definition) is 5. The first-order chi connectivity index (χ1) is 11.7. The van der Waals surface area contributed by atoms with E-state index in [9.17, 15) is 0 Å². The van der Waals surface area contributed by atoms with Crippen LogP contribution in [0.15, 0.2) is 18.2 Å². The van der Waals surface area contributed by atoms with Crippen molar-refractivity contribution in [2.75, 3.05) is 50.8 Å². The molecule has 1 atom stereocenters. The number of aryl methyl sites for hydroxylation is 1. The van der Waals surface area contributed by atoms with Gasteiger partial charge in [0.15, 0.2) is 0 Å². The first kappa shape index (κ1) is 16.3. The standard InChI is InChI=1S/C19H30N4O/c1-16-3-2-4-18(21-16)23-12-10-22(11-13-23)17-5-14-24-19(15-17)6-8-20-9-7-19/h2-4,17,20H,5-15H2,1H3. The normalized spacial score (nSPS) is 28.2. The third-order valence-corrected chi connectivity index (χ3v) is 6.01. The van der Waals surface area contributed by atoms with Crippen molar-refractivity contribution >= 4 is 5.82 Å². The van der Waals surface area contributed by atoms with E-state index in [0.717, 1.165) is 57.4 Å². The second-order valence-corrected chi connectivity index (χ2v) is 7.59. The van der Waals surface area contributed by atoms with Crippen LogP contribution in [0.2, 0.25) is 0 Å². The van der Waals surface area contributed by atoms with Crippen molar-refractivity contribution in [1.82, 2.24) is 15.2 Å². The molecule has 1 unspecified atom stereocenters. The van der Waals surface area contributed by atoms with Crippen LogP contribution in [0.4, 0.5) is 5.82 Å². The molecule has 1 aromatic rings. The number of nitrogens with one attached hydrogen (secondary N) is 1. The van der Waals surface area contributed by atoms with Crippen LogP contribution in [-0.4, -0.2) is 67.4 Å². The van der Waals surface area contributed by atoms with E-state index in [1.54, 1.807) is 0 Å². The topological polar surface area (TPSA) is 40.6 Å². The number of aromatic nitrogens is 1. The number of nitrogens with zero attached hydrogens (tertiary/aromatic N) is 3. The third kappa shape index (κ3) is 3.44. The molecule has 1 aromatic heterocycles. The molecule has 5 heteroatoms. The highest BCUT2D eigenvalue weighted by Crippen LogP contribution is 2.35. The largest absolute Gasteiger partial charge is 0.375 e. The number of hydrogen-bond donors (Lipinski definition) is 1. The van der Waals surface area contributed by atoms with Crippen molar-refractivity contribution in [3.63, 3.8) is 0 Å². The number of anilines is 1. The summed E-state index contributed by atoms with van der Waals surface area (Å²) in [5, 5.41) is 3.47. The first-order valence-electron chi connectivity index (χ1n) is 9.52. The number of piperidine rings is 1. The Balaban J connectivity index is 1.35. The van der Waals surface area contributed by atoms with E-state index in [0.29, 0.717) is 6.04 Å². The molecule has 0 aromatic carbocycles. The molecule has 4 rings (SSSR count). The van der Waals surface area contributed by atoms with Crippen LogP contribution in [0.1, 0.15) is 31.4 Å². The SMILES string of the molecule is Cc1cccc(N2CCN(C3CCOC4(CCNCC4)C3)CC2)n1. The van der Waals surface area contributed by atoms with Crippen LogP contribution in [0.25, 0.3) is 0 Å². The molecule has 0 aliphatic carbocycles. The van der Waals surface area contributed by atoms with Gasteiger partial charge in [0.1, 0.15) is 5.82 Å². The van der Waals surface area contributed by atoms with E-state index in [-0.39, 0.29) is 5.60 Å². The molecule has 3 aliphatic heterocycles. The Kier molecular flexibility index (Phi) is 4.74. The predicted octanol–water partition coefficient (Wildman–Crippen LogP) is 1.81. The van der Waals surface area contributed by atoms with Gasteiger partial charge in [-0.3, -0.25) is 4.90 Å². The number of rotatable bonds is 2. The van der Waals surface area contributed by atoms with Gasteiger partial charge in [-0.1, -0.05) is 6.07 Å². The van der Waals surface area contributed by atoms with Gasteiger partial charge in [-0.05, 0) is 57.8 Å². The predicted molar refractivity (Wildman–Crippen MR) is 96.6 cm³/mol. The van der Waals surface area contributed by atoms with E-state index in [4.69, 9.17) is 4.74 Å². The third-order valence-electron chi connectivity index (χ3n) is 6.01. The summed E-state index contributed by atoms with van der Waals surface area (Å²) in [5.41, 5.74) is 1.26. The zero-order valence-electron chi connectivity index (χ0n) is 14.8. The zero-order valence-corrected chi connectivity index (χ0v) is 14.8. The van der Waals surface area contributed by atoms with Crippen molar-refractivity contribution in [2.45, 2.75) is 44.2 Å². The van der Waals surface area contributed by atoms with Gasteiger partial charge in [-0.2, -0.15) is 0 Å². The lowest BCUT2D eigenvalue weighted by Gasteiger charge is -2.48. The smallest absolute Gasteiger partial charge is 0.128 e. The molecule has 3 fully saturated rings. The molecule has 1 N–H and O–H groups in total. The molecule has 4 heterocycles. The Bertz CT molecular complexity index is 545. The fraction of sp³-hybridized carbons (Fsp3) is 0.737. The highest BCUT2D eigenvalue weighted by atomic mass is 16.5. The van der Waals surface area contributed by atoms with Crippen molar-refractivity contribution in [1.29, 1.82) is 0 Å². The second-order valence-electron chi connectivity index (χ2n) is 7.59. The van der Waals surface area contributed by atoms with Crippen LogP contribution < -0.4 is 10.2 Å². The monoisotopic (exact) mass is 330 g/mol. The van der Waals surface area contributed by atoms with Gasteiger partial charge < -0.3 is 15.0 Å². The summed E-state index contributed by atoms with van der Waals surface area (Å²) in [6.07, 6.45) is 4.77. The minimum Gasteiger partial charge on any atom is -0.375 e. The van der Waals surface area contributed by atoms with Crippen LogP contribution in [0, 0.1) is 6.92 Å². The number of piperazine rings is 1. The zero-order chi connectivity index (χ0) is 16.4. The molecule has 132 valence electrons. The average Bonchev–Trinajstić information content (AvgIpc) is 2.63. The lowest BCUT2D eigenvalue weighted by molar-refractivity contribution is -0.121. The van der Waals surface area contributed by atoms with E-state index in [2.05, 4.69) is 45.2 Å². The Morgan fingerprint density at radius 1 is 1.17 bits per heavy atom. The van der Waals surface area contributed by atoms with Crippen molar-refractivity contribution in [2.24, 2.45) is 0 Å². The molecule has 24 heavy (non-hydrogen) atoms. The lowest BCUT2D eigenvalue weighted by atomic mass is 9.82. The van der Waals surface area contributed by atoms with Crippen molar-refractivity contribution < 1.29 is 4.74 Å². The molecule has 5 nitrogen and oxygen atoms in total. The summed E-state index contributed by atoms with van der Waals surface area (Å²) in [5.74, 6) is 1.14. The summed E-state index contributed by atoms with van der Waals surface area (Å²) >= 11 is 0. The van der Waals surface area contributed by atoms with E-state index < -0.39 is 0 Å². The summed E-state index contributed by atoms with van der Waals surface area (Å²) in [7, 11) is 0. The molecule has 3 aliphatic rings. The maximum Gasteiger partial charge on any atom is 0.128 e. The lowest BCUT2D eigenvalue weighted by Crippen LogP contribution is -2.56. The minimum atomic E-state index is 0.156. The number of ether oxygens (including phenoxy) is 1. The Morgan fingerprint density at radius 2 is 1.96 bits per heavy atom. The molecule has 0 amide bonds. The van der Waals surface area contributed by atoms with E-state index in [1.165, 1.54) is 25.7 Å². The molecule has 0 saturated carbocycles. The van der Waals surface area contributed by atoms with Gasteiger partial charge in [-0.15, -0.1) is 0 Å². The highest BCUT2D eigenvalue weighted by molar-refractivity contribution is 5.39. The van der Waals surface area contributed by atoms with Crippen LogP contribution >= 0.6 is 0 Å². The molecule has 0 bridgehead atoms. The minimum absolute atomic E-state index is 0.156. The quantitative estimate of drug-likeness (QED) is 0.896. The van der Waals surface area contributed by atoms with Gasteiger partial charge in [0.2, 0.25) is 0 Å². The maximum atomic E-state index is 6.24. The summed E-state index contributed by atoms with van der Waals surface area (Å²) in [4.78, 5) is 9.82. The van der Waals surface area contributed by atoms with Gasteiger partial charge in [0.05, 0.1) is 5.60 Å². The van der Waals surface area contributed by atoms with Gasteiger partial charge in [0.25, 0.3) is 0 Å². The van der Waals surface area contributed by atoms with Crippen molar-refractivity contribution in [3.8, 4) is 0 Å². The van der Waals surface area contributed by atoms with E-state index in [1.807, 2.05) is 0 Å². The van der Waals surface area contributed by atoms with Crippen LogP contribution in [-0.2, 0) is 4.74 Å². The fourth-order valence-electron chi connectivity index (χ4n) is 4.57. The molecule has 3 saturated heterocycles. The maximum absolute atomic E-state index is 6.24. The van der Waals surface area contributed by atoms with E-state index >= 15 is 0 Å². The molecular weight excluding hydrogens is 300 g/mol. The first-order valence-corrected chi connectivity index (χ1v) is 9.52. The van der Waals surface area contributed by atoms with Crippen LogP contribution in [0.5, 0.6) is 0 Å². The van der Waals surface area contributed by atoms with Gasteiger partial charge in [0, 0.05) is 44.5 Å². The summed E-state index contributed by atoms with van der Waals surface area (Å²) in [6, 6.07) is 7.02. The molecule has 0 radical (unpaired) electrons. The highest BCUT2D eigenvalue weighted by Gasteiger charge is 2.40. The Labute approximate surface area is 145 Å².